The number of methoxy groups -OCH3 is 1. The quantitative estimate of drug-likeness (QED) is 0.827. The number of anilines is 1. The van der Waals surface area contributed by atoms with Crippen LogP contribution >= 0.6 is 0 Å². The van der Waals surface area contributed by atoms with Crippen molar-refractivity contribution in [1.29, 1.82) is 0 Å². The molecular formula is C20H28N2O4. The number of benzene rings is 1. The minimum atomic E-state index is 0.119. The molecule has 0 saturated carbocycles. The Bertz CT molecular complexity index is 651. The number of ether oxygens (including phenoxy) is 3. The number of amides is 1. The molecule has 142 valence electrons. The first-order chi connectivity index (χ1) is 12.7. The van der Waals surface area contributed by atoms with E-state index in [4.69, 9.17) is 14.2 Å². The Kier molecular flexibility index (Phi) is 5.05. The third-order valence-electron chi connectivity index (χ3n) is 5.91. The molecule has 1 aromatic rings. The predicted octanol–water partition coefficient (Wildman–Crippen LogP) is 2.17. The monoisotopic (exact) mass is 360 g/mol. The molecular weight excluding hydrogens is 332 g/mol. The van der Waals surface area contributed by atoms with Crippen molar-refractivity contribution in [2.75, 3.05) is 64.6 Å². The van der Waals surface area contributed by atoms with Crippen molar-refractivity contribution in [3.8, 4) is 5.75 Å². The molecule has 1 aromatic carbocycles. The molecule has 1 atom stereocenters. The summed E-state index contributed by atoms with van der Waals surface area (Å²) in [6.07, 6.45) is 3.29. The summed E-state index contributed by atoms with van der Waals surface area (Å²) in [6, 6.07) is 5.78. The van der Waals surface area contributed by atoms with Gasteiger partial charge in [-0.15, -0.1) is 0 Å². The minimum Gasteiger partial charge on any atom is -0.495 e. The molecule has 6 heteroatoms. The zero-order valence-electron chi connectivity index (χ0n) is 15.5. The Labute approximate surface area is 155 Å². The maximum Gasteiger partial charge on any atom is 0.253 e. The van der Waals surface area contributed by atoms with Crippen molar-refractivity contribution in [3.05, 3.63) is 23.8 Å². The van der Waals surface area contributed by atoms with E-state index in [0.717, 1.165) is 69.2 Å². The summed E-state index contributed by atoms with van der Waals surface area (Å²) in [4.78, 5) is 17.4. The zero-order valence-corrected chi connectivity index (χ0v) is 15.5. The molecule has 0 aromatic heterocycles. The van der Waals surface area contributed by atoms with Crippen molar-refractivity contribution in [2.24, 2.45) is 5.41 Å². The second-order valence-electron chi connectivity index (χ2n) is 7.62. The highest BCUT2D eigenvalue weighted by Gasteiger charge is 2.40. The lowest BCUT2D eigenvalue weighted by Crippen LogP contribution is -2.46. The van der Waals surface area contributed by atoms with E-state index in [2.05, 4.69) is 4.90 Å². The molecule has 3 saturated heterocycles. The standard InChI is InChI=1S/C20H28N2O4/c1-24-18-4-3-16(13-17(18)21-8-11-25-12-9-21)19(23)22-7-2-5-20(14-22)6-10-26-15-20/h3-4,13H,2,5-12,14-15H2,1H3/t20-/m1/s1. The second kappa shape index (κ2) is 7.45. The predicted molar refractivity (Wildman–Crippen MR) is 99.0 cm³/mol. The van der Waals surface area contributed by atoms with Crippen LogP contribution < -0.4 is 9.64 Å². The van der Waals surface area contributed by atoms with Gasteiger partial charge >= 0.3 is 0 Å². The van der Waals surface area contributed by atoms with Crippen molar-refractivity contribution < 1.29 is 19.0 Å². The highest BCUT2D eigenvalue weighted by molar-refractivity contribution is 5.95. The third kappa shape index (κ3) is 3.40. The van der Waals surface area contributed by atoms with Gasteiger partial charge in [-0.05, 0) is 37.5 Å². The van der Waals surface area contributed by atoms with Gasteiger partial charge in [0.15, 0.2) is 0 Å². The number of piperidine rings is 1. The molecule has 3 heterocycles. The lowest BCUT2D eigenvalue weighted by atomic mass is 9.79. The van der Waals surface area contributed by atoms with E-state index in [1.165, 1.54) is 6.42 Å². The number of carbonyl (C=O) groups excluding carboxylic acids is 1. The number of morpholine rings is 1. The number of likely N-dealkylation sites (tertiary alicyclic amines) is 1. The van der Waals surface area contributed by atoms with Gasteiger partial charge in [0.05, 0.1) is 32.6 Å². The Balaban J connectivity index is 1.55. The SMILES string of the molecule is COc1ccc(C(=O)N2CCC[C@@]3(CCOC3)C2)cc1N1CCOCC1. The Morgan fingerprint density at radius 3 is 2.69 bits per heavy atom. The van der Waals surface area contributed by atoms with Crippen LogP contribution in [-0.4, -0.2) is 70.5 Å². The first-order valence-corrected chi connectivity index (χ1v) is 9.59. The van der Waals surface area contributed by atoms with E-state index in [1.54, 1.807) is 7.11 Å². The van der Waals surface area contributed by atoms with E-state index < -0.39 is 0 Å². The van der Waals surface area contributed by atoms with Crippen LogP contribution in [0.15, 0.2) is 18.2 Å². The fraction of sp³-hybridized carbons (Fsp3) is 0.650. The van der Waals surface area contributed by atoms with Gasteiger partial charge in [0.2, 0.25) is 0 Å². The maximum absolute atomic E-state index is 13.2. The highest BCUT2D eigenvalue weighted by atomic mass is 16.5. The van der Waals surface area contributed by atoms with Gasteiger partial charge in [0.1, 0.15) is 5.75 Å². The van der Waals surface area contributed by atoms with Gasteiger partial charge in [0, 0.05) is 43.8 Å². The Morgan fingerprint density at radius 1 is 1.12 bits per heavy atom. The van der Waals surface area contributed by atoms with Gasteiger partial charge in [0.25, 0.3) is 5.91 Å². The van der Waals surface area contributed by atoms with Crippen LogP contribution in [0.4, 0.5) is 5.69 Å². The molecule has 0 aliphatic carbocycles. The number of rotatable bonds is 3. The molecule has 3 aliphatic heterocycles. The molecule has 3 aliphatic rings. The van der Waals surface area contributed by atoms with E-state index >= 15 is 0 Å². The van der Waals surface area contributed by atoms with Crippen molar-refractivity contribution in [2.45, 2.75) is 19.3 Å². The molecule has 0 unspecified atom stereocenters. The summed E-state index contributed by atoms with van der Waals surface area (Å²) in [7, 11) is 1.68. The lowest BCUT2D eigenvalue weighted by Gasteiger charge is -2.39. The zero-order chi connectivity index (χ0) is 18.0. The molecule has 1 spiro atoms. The fourth-order valence-electron chi connectivity index (χ4n) is 4.41. The second-order valence-corrected chi connectivity index (χ2v) is 7.62. The van der Waals surface area contributed by atoms with E-state index in [9.17, 15) is 4.79 Å². The largest absolute Gasteiger partial charge is 0.495 e. The number of hydrogen-bond acceptors (Lipinski definition) is 5. The minimum absolute atomic E-state index is 0.119. The normalized spacial score (nSPS) is 26.3. The summed E-state index contributed by atoms with van der Waals surface area (Å²) in [6.45, 7) is 6.30. The van der Waals surface area contributed by atoms with Crippen LogP contribution in [0.2, 0.25) is 0 Å². The van der Waals surface area contributed by atoms with Crippen LogP contribution in [0.5, 0.6) is 5.75 Å². The van der Waals surface area contributed by atoms with Crippen molar-refractivity contribution >= 4 is 11.6 Å². The van der Waals surface area contributed by atoms with E-state index in [-0.39, 0.29) is 11.3 Å². The molecule has 1 amide bonds. The summed E-state index contributed by atoms with van der Waals surface area (Å²) >= 11 is 0. The van der Waals surface area contributed by atoms with Crippen LogP contribution in [0.25, 0.3) is 0 Å². The maximum atomic E-state index is 13.2. The van der Waals surface area contributed by atoms with Crippen LogP contribution in [0, 0.1) is 5.41 Å². The third-order valence-corrected chi connectivity index (χ3v) is 5.91. The van der Waals surface area contributed by atoms with E-state index in [0.29, 0.717) is 13.2 Å². The van der Waals surface area contributed by atoms with Gasteiger partial charge in [-0.2, -0.15) is 0 Å². The smallest absolute Gasteiger partial charge is 0.253 e. The first kappa shape index (κ1) is 17.6. The average molecular weight is 360 g/mol. The summed E-state index contributed by atoms with van der Waals surface area (Å²) < 4.78 is 16.6. The van der Waals surface area contributed by atoms with Gasteiger partial charge < -0.3 is 24.0 Å². The van der Waals surface area contributed by atoms with Crippen LogP contribution in [0.3, 0.4) is 0 Å². The first-order valence-electron chi connectivity index (χ1n) is 9.59. The topological polar surface area (TPSA) is 51.2 Å². The molecule has 26 heavy (non-hydrogen) atoms. The molecule has 4 rings (SSSR count). The Hall–Kier alpha value is -1.79. The molecule has 6 nitrogen and oxygen atoms in total. The van der Waals surface area contributed by atoms with Gasteiger partial charge in [-0.1, -0.05) is 0 Å². The number of hydrogen-bond donors (Lipinski definition) is 0. The molecule has 3 fully saturated rings. The van der Waals surface area contributed by atoms with Crippen LogP contribution in [-0.2, 0) is 9.47 Å². The van der Waals surface area contributed by atoms with Gasteiger partial charge in [-0.3, -0.25) is 4.79 Å². The Morgan fingerprint density at radius 2 is 1.96 bits per heavy atom. The molecule has 0 radical (unpaired) electrons. The average Bonchev–Trinajstić information content (AvgIpc) is 3.15. The van der Waals surface area contributed by atoms with Crippen molar-refractivity contribution in [1.82, 2.24) is 4.90 Å². The lowest BCUT2D eigenvalue weighted by molar-refractivity contribution is 0.0462. The highest BCUT2D eigenvalue weighted by Crippen LogP contribution is 2.38. The molecule has 0 N–H and O–H groups in total. The van der Waals surface area contributed by atoms with Crippen LogP contribution in [0.1, 0.15) is 29.6 Å². The summed E-state index contributed by atoms with van der Waals surface area (Å²) in [5, 5.41) is 0. The summed E-state index contributed by atoms with van der Waals surface area (Å²) in [5.74, 6) is 0.927. The number of carbonyl (C=O) groups is 1. The van der Waals surface area contributed by atoms with Gasteiger partial charge in [-0.25, -0.2) is 0 Å². The summed E-state index contributed by atoms with van der Waals surface area (Å²) in [5.41, 5.74) is 1.90. The fourth-order valence-corrected chi connectivity index (χ4v) is 4.41. The number of nitrogens with zero attached hydrogens (tertiary/aromatic N) is 2. The van der Waals surface area contributed by atoms with Crippen molar-refractivity contribution in [3.63, 3.8) is 0 Å². The van der Waals surface area contributed by atoms with E-state index in [1.807, 2.05) is 23.1 Å². The molecule has 0 bridgehead atoms.